The fourth-order valence-electron chi connectivity index (χ4n) is 3.54. The van der Waals surface area contributed by atoms with Gasteiger partial charge in [-0.15, -0.1) is 0 Å². The highest BCUT2D eigenvalue weighted by atomic mass is 32.2. The third-order valence-electron chi connectivity index (χ3n) is 5.00. The van der Waals surface area contributed by atoms with Crippen LogP contribution < -0.4 is 0 Å². The van der Waals surface area contributed by atoms with Crippen molar-refractivity contribution in [3.8, 4) is 0 Å². The number of halogens is 2. The number of rotatable bonds is 4. The molecule has 27 heavy (non-hydrogen) atoms. The number of alkyl halides is 2. The van der Waals surface area contributed by atoms with E-state index in [1.165, 1.54) is 12.1 Å². The van der Waals surface area contributed by atoms with Gasteiger partial charge in [-0.1, -0.05) is 12.8 Å². The van der Waals surface area contributed by atoms with Gasteiger partial charge in [0.25, 0.3) is 5.91 Å². The molecule has 5 nitrogen and oxygen atoms in total. The summed E-state index contributed by atoms with van der Waals surface area (Å²) in [6.07, 6.45) is 5.74. The monoisotopic (exact) mass is 396 g/mol. The van der Waals surface area contributed by atoms with E-state index in [1.807, 2.05) is 29.9 Å². The molecule has 1 fully saturated rings. The number of sulfone groups is 1. The van der Waals surface area contributed by atoms with Crippen LogP contribution in [0.3, 0.4) is 0 Å². The number of nitrogens with zero attached hydrogens (tertiary/aromatic N) is 2. The first-order valence-corrected chi connectivity index (χ1v) is 10.4. The Morgan fingerprint density at radius 1 is 1.11 bits per heavy atom. The second-order valence-electron chi connectivity index (χ2n) is 6.74. The Balaban J connectivity index is 1.89. The van der Waals surface area contributed by atoms with Crippen molar-refractivity contribution in [2.45, 2.75) is 42.4 Å². The molecule has 1 aliphatic heterocycles. The lowest BCUT2D eigenvalue weighted by Gasteiger charge is -2.30. The van der Waals surface area contributed by atoms with Gasteiger partial charge in [-0.25, -0.2) is 8.42 Å². The first kappa shape index (κ1) is 19.5. The quantitative estimate of drug-likeness (QED) is 0.790. The van der Waals surface area contributed by atoms with Crippen molar-refractivity contribution < 1.29 is 22.0 Å². The molecule has 0 aliphatic carbocycles. The number of benzene rings is 1. The van der Waals surface area contributed by atoms with Crippen molar-refractivity contribution in [2.24, 2.45) is 7.05 Å². The summed E-state index contributed by atoms with van der Waals surface area (Å²) in [7, 11) is -2.73. The van der Waals surface area contributed by atoms with Crippen LogP contribution in [0.15, 0.2) is 47.5 Å². The second kappa shape index (κ2) is 7.80. The van der Waals surface area contributed by atoms with Crippen molar-refractivity contribution in [1.29, 1.82) is 0 Å². The maximum absolute atomic E-state index is 13.1. The zero-order chi connectivity index (χ0) is 19.6. The number of hydrogen-bond acceptors (Lipinski definition) is 3. The van der Waals surface area contributed by atoms with Gasteiger partial charge < -0.3 is 9.47 Å². The zero-order valence-electron chi connectivity index (χ0n) is 15.0. The van der Waals surface area contributed by atoms with Crippen LogP contribution in [0.4, 0.5) is 8.78 Å². The lowest BCUT2D eigenvalue weighted by atomic mass is 10.1. The third-order valence-corrected chi connectivity index (χ3v) is 6.40. The summed E-state index contributed by atoms with van der Waals surface area (Å²) in [5.41, 5.74) is 1.34. The average Bonchev–Trinajstić information content (AvgIpc) is 2.92. The standard InChI is InChI=1S/C19H22F2N2O3S/c1-22-12-5-7-16(22)17-6-3-2-4-13-23(17)18(24)14-8-10-15(11-9-14)27(25,26)19(20)21/h5,7-12,17,19H,2-4,6,13H2,1H3/t17-/m0/s1. The van der Waals surface area contributed by atoms with Crippen LogP contribution in [-0.2, 0) is 16.9 Å². The predicted molar refractivity (Wildman–Crippen MR) is 97.3 cm³/mol. The highest BCUT2D eigenvalue weighted by Crippen LogP contribution is 2.31. The summed E-state index contributed by atoms with van der Waals surface area (Å²) in [6, 6.07) is 8.63. The maximum atomic E-state index is 13.1. The van der Waals surface area contributed by atoms with Gasteiger partial charge in [0, 0.05) is 31.0 Å². The molecule has 8 heteroatoms. The molecule has 1 aromatic carbocycles. The lowest BCUT2D eigenvalue weighted by molar-refractivity contribution is 0.0674. The minimum Gasteiger partial charge on any atom is -0.353 e. The van der Waals surface area contributed by atoms with E-state index in [1.54, 1.807) is 4.90 Å². The molecule has 0 spiro atoms. The summed E-state index contributed by atoms with van der Waals surface area (Å²) in [5.74, 6) is -3.70. The van der Waals surface area contributed by atoms with Gasteiger partial charge in [0.05, 0.1) is 10.9 Å². The first-order chi connectivity index (χ1) is 12.8. The fourth-order valence-corrected chi connectivity index (χ4v) is 4.26. The summed E-state index contributed by atoms with van der Waals surface area (Å²) in [6.45, 7) is 0.603. The number of aromatic nitrogens is 1. The summed E-state index contributed by atoms with van der Waals surface area (Å²) in [5, 5.41) is 0. The fraction of sp³-hybridized carbons (Fsp3) is 0.421. The van der Waals surface area contributed by atoms with Crippen molar-refractivity contribution in [2.75, 3.05) is 6.54 Å². The smallest absolute Gasteiger partial charge is 0.341 e. The van der Waals surface area contributed by atoms with Crippen molar-refractivity contribution in [3.63, 3.8) is 0 Å². The van der Waals surface area contributed by atoms with Gasteiger partial charge in [-0.05, 0) is 49.2 Å². The van der Waals surface area contributed by atoms with Gasteiger partial charge in [0.1, 0.15) is 0 Å². The van der Waals surface area contributed by atoms with Gasteiger partial charge in [0.2, 0.25) is 9.84 Å². The van der Waals surface area contributed by atoms with E-state index in [4.69, 9.17) is 0 Å². The molecular weight excluding hydrogens is 374 g/mol. The molecule has 0 radical (unpaired) electrons. The zero-order valence-corrected chi connectivity index (χ0v) is 15.8. The molecule has 0 bridgehead atoms. The van der Waals surface area contributed by atoms with Crippen molar-refractivity contribution in [3.05, 3.63) is 53.9 Å². The Morgan fingerprint density at radius 3 is 2.41 bits per heavy atom. The Bertz CT molecular complexity index is 907. The van der Waals surface area contributed by atoms with E-state index in [0.717, 1.165) is 43.5 Å². The Kier molecular flexibility index (Phi) is 5.64. The molecule has 3 rings (SSSR count). The molecular formula is C19H22F2N2O3S. The molecule has 0 unspecified atom stereocenters. The van der Waals surface area contributed by atoms with Crippen LogP contribution in [0.25, 0.3) is 0 Å². The molecule has 0 saturated carbocycles. The minimum atomic E-state index is -4.66. The molecule has 1 saturated heterocycles. The van der Waals surface area contributed by atoms with E-state index in [2.05, 4.69) is 0 Å². The SMILES string of the molecule is Cn1cccc1[C@@H]1CCCCCN1C(=O)c1ccc(S(=O)(=O)C(F)F)cc1. The second-order valence-corrected chi connectivity index (χ2v) is 8.66. The van der Waals surface area contributed by atoms with E-state index in [9.17, 15) is 22.0 Å². The van der Waals surface area contributed by atoms with E-state index < -0.39 is 20.5 Å². The molecule has 2 heterocycles. The van der Waals surface area contributed by atoms with Crippen molar-refractivity contribution in [1.82, 2.24) is 9.47 Å². The molecule has 1 aliphatic rings. The van der Waals surface area contributed by atoms with Crippen LogP contribution in [0.1, 0.15) is 47.8 Å². The Morgan fingerprint density at radius 2 is 1.81 bits per heavy atom. The number of carbonyl (C=O) groups is 1. The molecule has 146 valence electrons. The summed E-state index contributed by atoms with van der Waals surface area (Å²) in [4.78, 5) is 14.4. The molecule has 1 aromatic heterocycles. The molecule has 1 amide bonds. The third kappa shape index (κ3) is 3.90. The maximum Gasteiger partial charge on any atom is 0.341 e. The number of aryl methyl sites for hydroxylation is 1. The molecule has 0 N–H and O–H groups in total. The minimum absolute atomic E-state index is 0.0653. The van der Waals surface area contributed by atoms with Crippen molar-refractivity contribution >= 4 is 15.7 Å². The van der Waals surface area contributed by atoms with Gasteiger partial charge in [-0.2, -0.15) is 8.78 Å². The number of hydrogen-bond donors (Lipinski definition) is 0. The van der Waals surface area contributed by atoms with Gasteiger partial charge in [-0.3, -0.25) is 4.79 Å². The number of carbonyl (C=O) groups excluding carboxylic acids is 1. The van der Waals surface area contributed by atoms with E-state index in [0.29, 0.717) is 12.1 Å². The Hall–Kier alpha value is -2.22. The van der Waals surface area contributed by atoms with Crippen LogP contribution in [0, 0.1) is 0 Å². The van der Waals surface area contributed by atoms with Crippen LogP contribution in [0.5, 0.6) is 0 Å². The molecule has 1 atom stereocenters. The summed E-state index contributed by atoms with van der Waals surface area (Å²) >= 11 is 0. The highest BCUT2D eigenvalue weighted by molar-refractivity contribution is 7.91. The van der Waals surface area contributed by atoms with Crippen LogP contribution in [-0.4, -0.2) is 36.1 Å². The number of likely N-dealkylation sites (tertiary alicyclic amines) is 1. The van der Waals surface area contributed by atoms with Crippen LogP contribution in [0.2, 0.25) is 0 Å². The normalized spacial score (nSPS) is 18.5. The highest BCUT2D eigenvalue weighted by Gasteiger charge is 2.30. The van der Waals surface area contributed by atoms with E-state index in [-0.39, 0.29) is 11.9 Å². The van der Waals surface area contributed by atoms with Gasteiger partial charge in [0.15, 0.2) is 0 Å². The molecule has 2 aromatic rings. The predicted octanol–water partition coefficient (Wildman–Crippen LogP) is 3.78. The summed E-state index contributed by atoms with van der Waals surface area (Å²) < 4.78 is 50.5. The number of amides is 1. The largest absolute Gasteiger partial charge is 0.353 e. The van der Waals surface area contributed by atoms with E-state index >= 15 is 0 Å². The van der Waals surface area contributed by atoms with Crippen LogP contribution >= 0.6 is 0 Å². The topological polar surface area (TPSA) is 59.4 Å². The average molecular weight is 396 g/mol. The van der Waals surface area contributed by atoms with Gasteiger partial charge >= 0.3 is 5.76 Å². The lowest BCUT2D eigenvalue weighted by Crippen LogP contribution is -2.35. The Labute approximate surface area is 157 Å². The first-order valence-electron chi connectivity index (χ1n) is 8.86.